The molecule has 1 fully saturated rings. The van der Waals surface area contributed by atoms with Crippen LogP contribution in [0.3, 0.4) is 0 Å². The van der Waals surface area contributed by atoms with Gasteiger partial charge in [-0.2, -0.15) is 0 Å². The molecule has 1 aliphatic heterocycles. The van der Waals surface area contributed by atoms with Crippen molar-refractivity contribution in [1.82, 2.24) is 0 Å². The van der Waals surface area contributed by atoms with Crippen LogP contribution in [0.2, 0.25) is 0 Å². The molecule has 0 radical (unpaired) electrons. The second-order valence-corrected chi connectivity index (χ2v) is 2.10. The molecule has 0 atom stereocenters. The third-order valence-corrected chi connectivity index (χ3v) is 1.44. The predicted molar refractivity (Wildman–Crippen MR) is 30.7 cm³/mol. The van der Waals surface area contributed by atoms with Gasteiger partial charge in [0, 0.05) is 17.6 Å². The molecule has 1 heterocycles. The lowest BCUT2D eigenvalue weighted by molar-refractivity contribution is -0.175. The molecule has 0 saturated carbocycles. The molecule has 1 rings (SSSR count). The van der Waals surface area contributed by atoms with Crippen molar-refractivity contribution in [2.75, 3.05) is 13.2 Å². The quantitative estimate of drug-likeness (QED) is 0.339. The van der Waals surface area contributed by atoms with Crippen LogP contribution in [0.15, 0.2) is 0 Å². The lowest BCUT2D eigenvalue weighted by Gasteiger charge is -2.11. The molecule has 2 heteroatoms. The molecule has 1 aliphatic rings. The Balaban J connectivity index is 2.35. The molecular weight excluding hydrogens is 104 g/mol. The SMILES string of the molecule is CC(=O)[O+]1CCCC1. The molecule has 0 aromatic carbocycles. The zero-order valence-corrected chi connectivity index (χ0v) is 5.14. The molecule has 0 aliphatic carbocycles. The van der Waals surface area contributed by atoms with E-state index in [0.29, 0.717) is 0 Å². The largest absolute Gasteiger partial charge is 0.545 e. The van der Waals surface area contributed by atoms with Crippen molar-refractivity contribution in [2.24, 2.45) is 0 Å². The van der Waals surface area contributed by atoms with E-state index in [1.54, 1.807) is 6.92 Å². The zero-order chi connectivity index (χ0) is 5.98. The van der Waals surface area contributed by atoms with Crippen molar-refractivity contribution in [1.29, 1.82) is 0 Å². The molecule has 8 heavy (non-hydrogen) atoms. The summed E-state index contributed by atoms with van der Waals surface area (Å²) in [5.41, 5.74) is 0. The van der Waals surface area contributed by atoms with Crippen LogP contribution in [-0.2, 0) is 9.16 Å². The van der Waals surface area contributed by atoms with Gasteiger partial charge in [0.15, 0.2) is 0 Å². The fourth-order valence-electron chi connectivity index (χ4n) is 0.942. The summed E-state index contributed by atoms with van der Waals surface area (Å²) in [6.07, 6.45) is 2.31. The van der Waals surface area contributed by atoms with E-state index in [9.17, 15) is 4.79 Å². The smallest absolute Gasteiger partial charge is 0.515 e. The van der Waals surface area contributed by atoms with Gasteiger partial charge in [-0.05, 0) is 0 Å². The van der Waals surface area contributed by atoms with Crippen molar-refractivity contribution in [3.8, 4) is 0 Å². The standard InChI is InChI=1S/C6H11O2/c1-6(7)8-4-2-3-5-8/h2-5H2,1H3/q+1. The van der Waals surface area contributed by atoms with Crippen LogP contribution in [0.5, 0.6) is 0 Å². The van der Waals surface area contributed by atoms with Crippen LogP contribution in [-0.4, -0.2) is 19.2 Å². The molecule has 0 unspecified atom stereocenters. The molecule has 0 aromatic rings. The molecule has 0 aromatic heterocycles. The molecule has 0 spiro atoms. The van der Waals surface area contributed by atoms with E-state index in [-0.39, 0.29) is 5.97 Å². The topological polar surface area (TPSA) is 19.8 Å². The molecule has 0 bridgehead atoms. The van der Waals surface area contributed by atoms with Crippen LogP contribution in [0.4, 0.5) is 0 Å². The monoisotopic (exact) mass is 115 g/mol. The van der Waals surface area contributed by atoms with E-state index >= 15 is 0 Å². The lowest BCUT2D eigenvalue weighted by atomic mass is 10.4. The highest BCUT2D eigenvalue weighted by atomic mass is 16.7. The Morgan fingerprint density at radius 3 is 2.12 bits per heavy atom. The van der Waals surface area contributed by atoms with Gasteiger partial charge in [0.1, 0.15) is 13.2 Å². The summed E-state index contributed by atoms with van der Waals surface area (Å²) in [6.45, 7) is 3.39. The number of carbonyl (C=O) groups excluding carboxylic acids is 1. The first-order valence-electron chi connectivity index (χ1n) is 2.99. The minimum atomic E-state index is 0.141. The summed E-state index contributed by atoms with van der Waals surface area (Å²) in [6, 6.07) is 0. The van der Waals surface area contributed by atoms with Crippen LogP contribution in [0, 0.1) is 0 Å². The maximum absolute atomic E-state index is 10.5. The normalized spacial score (nSPS) is 19.4. The van der Waals surface area contributed by atoms with Crippen molar-refractivity contribution in [2.45, 2.75) is 19.8 Å². The Bertz CT molecular complexity index is 92.7. The Morgan fingerprint density at radius 1 is 1.38 bits per heavy atom. The Kier molecular flexibility index (Phi) is 1.51. The Labute approximate surface area is 49.2 Å². The second-order valence-electron chi connectivity index (χ2n) is 2.10. The van der Waals surface area contributed by atoms with E-state index in [4.69, 9.17) is 0 Å². The molecule has 1 saturated heterocycles. The van der Waals surface area contributed by atoms with E-state index < -0.39 is 0 Å². The van der Waals surface area contributed by atoms with Crippen LogP contribution in [0.25, 0.3) is 0 Å². The van der Waals surface area contributed by atoms with Crippen molar-refractivity contribution < 1.29 is 9.16 Å². The summed E-state index contributed by atoms with van der Waals surface area (Å²) in [4.78, 5) is 10.5. The molecule has 46 valence electrons. The summed E-state index contributed by atoms with van der Waals surface area (Å²) in [5.74, 6) is 0.141. The first kappa shape index (κ1) is 5.60. The highest BCUT2D eigenvalue weighted by molar-refractivity contribution is 5.68. The van der Waals surface area contributed by atoms with Gasteiger partial charge in [-0.15, -0.1) is 0 Å². The molecular formula is C6H11O2+. The van der Waals surface area contributed by atoms with E-state index in [0.717, 1.165) is 26.1 Å². The number of rotatable bonds is 0. The molecule has 2 nitrogen and oxygen atoms in total. The van der Waals surface area contributed by atoms with Gasteiger partial charge in [0.05, 0.1) is 6.92 Å². The van der Waals surface area contributed by atoms with Gasteiger partial charge < -0.3 is 4.37 Å². The van der Waals surface area contributed by atoms with Crippen molar-refractivity contribution >= 4 is 5.97 Å². The summed E-state index contributed by atoms with van der Waals surface area (Å²) >= 11 is 0. The average Bonchev–Trinajstić information content (AvgIpc) is 2.12. The highest BCUT2D eigenvalue weighted by Crippen LogP contribution is 2.11. The second kappa shape index (κ2) is 2.16. The van der Waals surface area contributed by atoms with E-state index in [1.807, 2.05) is 0 Å². The summed E-state index contributed by atoms with van der Waals surface area (Å²) in [7, 11) is 0. The number of hydrogen-bond donors (Lipinski definition) is 0. The minimum absolute atomic E-state index is 0.141. The minimum Gasteiger partial charge on any atom is -0.545 e. The van der Waals surface area contributed by atoms with Gasteiger partial charge in [-0.1, -0.05) is 0 Å². The van der Waals surface area contributed by atoms with Crippen LogP contribution < -0.4 is 0 Å². The van der Waals surface area contributed by atoms with Gasteiger partial charge >= 0.3 is 5.97 Å². The fourth-order valence-corrected chi connectivity index (χ4v) is 0.942. The first-order valence-corrected chi connectivity index (χ1v) is 2.99. The molecule has 0 amide bonds. The zero-order valence-electron chi connectivity index (χ0n) is 5.14. The first-order chi connectivity index (χ1) is 3.80. The van der Waals surface area contributed by atoms with Crippen molar-refractivity contribution in [3.05, 3.63) is 0 Å². The fraction of sp³-hybridized carbons (Fsp3) is 0.833. The Morgan fingerprint density at radius 2 is 1.88 bits per heavy atom. The maximum atomic E-state index is 10.5. The van der Waals surface area contributed by atoms with Gasteiger partial charge in [-0.3, -0.25) is 0 Å². The van der Waals surface area contributed by atoms with E-state index in [2.05, 4.69) is 4.37 Å². The van der Waals surface area contributed by atoms with Crippen LogP contribution >= 0.6 is 0 Å². The van der Waals surface area contributed by atoms with Crippen molar-refractivity contribution in [3.63, 3.8) is 0 Å². The Hall–Kier alpha value is -0.530. The lowest BCUT2D eigenvalue weighted by Crippen LogP contribution is -2.14. The molecule has 0 N–H and O–H groups in total. The van der Waals surface area contributed by atoms with Gasteiger partial charge in [-0.25, -0.2) is 0 Å². The number of hydrogen-bond acceptors (Lipinski definition) is 1. The summed E-state index contributed by atoms with van der Waals surface area (Å²) in [5, 5.41) is 0. The maximum Gasteiger partial charge on any atom is 0.515 e. The highest BCUT2D eigenvalue weighted by Gasteiger charge is 2.18. The van der Waals surface area contributed by atoms with Gasteiger partial charge in [0.2, 0.25) is 0 Å². The van der Waals surface area contributed by atoms with Gasteiger partial charge in [0.25, 0.3) is 0 Å². The average molecular weight is 115 g/mol. The van der Waals surface area contributed by atoms with Crippen LogP contribution in [0.1, 0.15) is 19.8 Å². The van der Waals surface area contributed by atoms with E-state index in [1.165, 1.54) is 0 Å². The predicted octanol–water partition coefficient (Wildman–Crippen LogP) is 0.879. The summed E-state index contributed by atoms with van der Waals surface area (Å²) < 4.78 is 2.62. The third kappa shape index (κ3) is 0.997. The third-order valence-electron chi connectivity index (χ3n) is 1.44. The number of carbonyl (C=O) groups is 1.